The number of benzene rings is 2. The highest BCUT2D eigenvalue weighted by atomic mass is 35.5. The molecule has 1 unspecified atom stereocenters. The molecule has 0 saturated heterocycles. The van der Waals surface area contributed by atoms with E-state index in [9.17, 15) is 4.79 Å². The van der Waals surface area contributed by atoms with Gasteiger partial charge in [0, 0.05) is 23.8 Å². The Balaban J connectivity index is 1.57. The van der Waals surface area contributed by atoms with Crippen LogP contribution in [0, 0.1) is 0 Å². The number of nitrogens with zero attached hydrogens (tertiary/aromatic N) is 4. The van der Waals surface area contributed by atoms with Crippen LogP contribution in [0.1, 0.15) is 33.3 Å². The van der Waals surface area contributed by atoms with E-state index >= 15 is 0 Å². The molecule has 0 saturated carbocycles. The highest BCUT2D eigenvalue weighted by Crippen LogP contribution is 2.35. The number of amides is 1. The number of carbonyl (C=O) groups excluding carboxylic acids is 1. The highest BCUT2D eigenvalue weighted by Gasteiger charge is 2.34. The van der Waals surface area contributed by atoms with Crippen molar-refractivity contribution < 1.29 is 4.79 Å². The van der Waals surface area contributed by atoms with Crippen molar-refractivity contribution in [2.75, 3.05) is 0 Å². The molecule has 1 aliphatic rings. The summed E-state index contributed by atoms with van der Waals surface area (Å²) in [7, 11) is 0. The summed E-state index contributed by atoms with van der Waals surface area (Å²) in [6.07, 6.45) is 3.94. The zero-order valence-electron chi connectivity index (χ0n) is 15.2. The van der Waals surface area contributed by atoms with Crippen molar-refractivity contribution in [1.82, 2.24) is 15.0 Å². The molecule has 142 valence electrons. The van der Waals surface area contributed by atoms with E-state index in [1.54, 1.807) is 17.4 Å². The topological polar surface area (TPSA) is 58.5 Å². The van der Waals surface area contributed by atoms with Gasteiger partial charge >= 0.3 is 0 Å². The predicted octanol–water partition coefficient (Wildman–Crippen LogP) is 5.34. The predicted molar refractivity (Wildman–Crippen MR) is 115 cm³/mol. The second-order valence-corrected chi connectivity index (χ2v) is 8.09. The van der Waals surface area contributed by atoms with Crippen LogP contribution in [0.5, 0.6) is 0 Å². The maximum atomic E-state index is 13.2. The monoisotopic (exact) mass is 418 g/mol. The van der Waals surface area contributed by atoms with Gasteiger partial charge in [-0.2, -0.15) is 5.10 Å². The molecule has 1 aliphatic heterocycles. The van der Waals surface area contributed by atoms with Crippen LogP contribution >= 0.6 is 22.9 Å². The van der Waals surface area contributed by atoms with E-state index in [0.29, 0.717) is 16.3 Å². The quantitative estimate of drug-likeness (QED) is 0.451. The third-order valence-electron chi connectivity index (χ3n) is 4.89. The lowest BCUT2D eigenvalue weighted by Gasteiger charge is -2.21. The molecule has 2 aromatic heterocycles. The smallest absolute Gasteiger partial charge is 0.266 e. The third kappa shape index (κ3) is 3.41. The first-order valence-electron chi connectivity index (χ1n) is 9.10. The number of hydrazone groups is 1. The van der Waals surface area contributed by atoms with Crippen molar-refractivity contribution in [3.05, 3.63) is 93.4 Å². The van der Waals surface area contributed by atoms with Crippen molar-refractivity contribution >= 4 is 45.6 Å². The molecule has 0 aliphatic carbocycles. The Kier molecular flexibility index (Phi) is 4.58. The fourth-order valence-electron chi connectivity index (χ4n) is 3.50. The average molecular weight is 419 g/mol. The SMILES string of the molecule is O=C(c1cccs1)N1N=C(c2cccc(Cl)c2)CC1c1ccc2nccnc2c1. The number of carbonyl (C=O) groups is 1. The summed E-state index contributed by atoms with van der Waals surface area (Å²) in [5.74, 6) is -0.110. The summed E-state index contributed by atoms with van der Waals surface area (Å²) in [5.41, 5.74) is 4.35. The molecule has 29 heavy (non-hydrogen) atoms. The van der Waals surface area contributed by atoms with Gasteiger partial charge in [0.15, 0.2) is 0 Å². The van der Waals surface area contributed by atoms with Gasteiger partial charge in [-0.05, 0) is 46.8 Å². The summed E-state index contributed by atoms with van der Waals surface area (Å²) in [5, 5.41) is 8.83. The van der Waals surface area contributed by atoms with Crippen LogP contribution in [0.15, 0.2) is 77.5 Å². The Morgan fingerprint density at radius 2 is 1.90 bits per heavy atom. The minimum atomic E-state index is -0.218. The second-order valence-electron chi connectivity index (χ2n) is 6.71. The molecule has 2 aromatic carbocycles. The van der Waals surface area contributed by atoms with Crippen LogP contribution in [-0.4, -0.2) is 26.6 Å². The lowest BCUT2D eigenvalue weighted by Crippen LogP contribution is -2.26. The Bertz CT molecular complexity index is 1240. The van der Waals surface area contributed by atoms with Crippen LogP contribution in [0.25, 0.3) is 11.0 Å². The molecule has 0 radical (unpaired) electrons. The molecule has 1 atom stereocenters. The van der Waals surface area contributed by atoms with Gasteiger partial charge in [-0.15, -0.1) is 11.3 Å². The lowest BCUT2D eigenvalue weighted by molar-refractivity contribution is 0.0716. The molecule has 1 amide bonds. The first-order valence-corrected chi connectivity index (χ1v) is 10.4. The van der Waals surface area contributed by atoms with Gasteiger partial charge in [0.1, 0.15) is 0 Å². The largest absolute Gasteiger partial charge is 0.284 e. The number of aromatic nitrogens is 2. The van der Waals surface area contributed by atoms with E-state index in [-0.39, 0.29) is 11.9 Å². The summed E-state index contributed by atoms with van der Waals surface area (Å²) in [4.78, 5) is 22.6. The molecule has 0 spiro atoms. The maximum Gasteiger partial charge on any atom is 0.284 e. The second kappa shape index (κ2) is 7.39. The summed E-state index contributed by atoms with van der Waals surface area (Å²) in [6, 6.07) is 17.0. The van der Waals surface area contributed by atoms with E-state index in [1.807, 2.05) is 60.0 Å². The van der Waals surface area contributed by atoms with Crippen molar-refractivity contribution in [3.8, 4) is 0 Å². The normalized spacial score (nSPS) is 16.2. The van der Waals surface area contributed by atoms with E-state index in [2.05, 4.69) is 9.97 Å². The van der Waals surface area contributed by atoms with Crippen LogP contribution in [0.4, 0.5) is 0 Å². The van der Waals surface area contributed by atoms with E-state index in [0.717, 1.165) is 27.9 Å². The van der Waals surface area contributed by atoms with Crippen molar-refractivity contribution in [3.63, 3.8) is 0 Å². The minimum absolute atomic E-state index is 0.110. The van der Waals surface area contributed by atoms with E-state index in [4.69, 9.17) is 16.7 Å². The summed E-state index contributed by atoms with van der Waals surface area (Å²) in [6.45, 7) is 0. The van der Waals surface area contributed by atoms with Gasteiger partial charge < -0.3 is 0 Å². The Hall–Kier alpha value is -3.09. The molecule has 5 rings (SSSR count). The zero-order chi connectivity index (χ0) is 19.8. The average Bonchev–Trinajstić information content (AvgIpc) is 3.43. The Morgan fingerprint density at radius 1 is 1.03 bits per heavy atom. The number of halogens is 1. The summed E-state index contributed by atoms with van der Waals surface area (Å²) < 4.78 is 0. The number of fused-ring (bicyclic) bond motifs is 1. The Morgan fingerprint density at radius 3 is 2.69 bits per heavy atom. The van der Waals surface area contributed by atoms with Crippen LogP contribution in [0.3, 0.4) is 0 Å². The number of hydrogen-bond donors (Lipinski definition) is 0. The number of hydrogen-bond acceptors (Lipinski definition) is 5. The van der Waals surface area contributed by atoms with Crippen LogP contribution in [-0.2, 0) is 0 Å². The van der Waals surface area contributed by atoms with Gasteiger partial charge in [-0.25, -0.2) is 5.01 Å². The number of rotatable bonds is 3. The van der Waals surface area contributed by atoms with Gasteiger partial charge in [-0.3, -0.25) is 14.8 Å². The standard InChI is InChI=1S/C22H15ClN4OS/c23-16-4-1-3-14(11-16)18-13-20(27(26-18)22(28)21-5-2-10-29-21)15-6-7-17-19(12-15)25-9-8-24-17/h1-12,20H,13H2. The lowest BCUT2D eigenvalue weighted by atomic mass is 9.98. The fraction of sp³-hybridized carbons (Fsp3) is 0.0909. The van der Waals surface area contributed by atoms with Gasteiger partial charge in [0.25, 0.3) is 5.91 Å². The molecule has 0 bridgehead atoms. The van der Waals surface area contributed by atoms with E-state index in [1.165, 1.54) is 11.3 Å². The maximum absolute atomic E-state index is 13.2. The zero-order valence-corrected chi connectivity index (χ0v) is 16.8. The van der Waals surface area contributed by atoms with Gasteiger partial charge in [-0.1, -0.05) is 35.9 Å². The minimum Gasteiger partial charge on any atom is -0.266 e. The fourth-order valence-corrected chi connectivity index (χ4v) is 4.35. The van der Waals surface area contributed by atoms with E-state index < -0.39 is 0 Å². The molecule has 0 fully saturated rings. The van der Waals surface area contributed by atoms with Crippen molar-refractivity contribution in [2.45, 2.75) is 12.5 Å². The highest BCUT2D eigenvalue weighted by molar-refractivity contribution is 7.12. The first-order chi connectivity index (χ1) is 14.2. The summed E-state index contributed by atoms with van der Waals surface area (Å²) >= 11 is 7.59. The third-order valence-corrected chi connectivity index (χ3v) is 5.98. The van der Waals surface area contributed by atoms with Crippen LogP contribution in [0.2, 0.25) is 5.02 Å². The van der Waals surface area contributed by atoms with Gasteiger partial charge in [0.05, 0.1) is 27.7 Å². The van der Waals surface area contributed by atoms with Gasteiger partial charge in [0.2, 0.25) is 0 Å². The molecule has 7 heteroatoms. The van der Waals surface area contributed by atoms with Crippen molar-refractivity contribution in [1.29, 1.82) is 0 Å². The number of thiophene rings is 1. The van der Waals surface area contributed by atoms with Crippen molar-refractivity contribution in [2.24, 2.45) is 5.10 Å². The molecule has 3 heterocycles. The Labute approximate surface area is 176 Å². The molecule has 0 N–H and O–H groups in total. The molecular formula is C22H15ClN4OS. The molecule has 4 aromatic rings. The molecule has 5 nitrogen and oxygen atoms in total. The molecular weight excluding hydrogens is 404 g/mol. The van der Waals surface area contributed by atoms with Crippen LogP contribution < -0.4 is 0 Å². The first kappa shape index (κ1) is 18.0.